The van der Waals surface area contributed by atoms with E-state index in [0.717, 1.165) is 54.9 Å². The van der Waals surface area contributed by atoms with E-state index < -0.39 is 10.0 Å². The van der Waals surface area contributed by atoms with Crippen LogP contribution in [-0.4, -0.2) is 67.6 Å². The highest BCUT2D eigenvalue weighted by Crippen LogP contribution is 2.28. The summed E-state index contributed by atoms with van der Waals surface area (Å²) in [6, 6.07) is 13.0. The first-order chi connectivity index (χ1) is 15.9. The first-order valence-electron chi connectivity index (χ1n) is 11.1. The SMILES string of the molecule is Cc1ccc(S(=O)(=O)NCC[NH+]2CCOCC2)cc1-c1nnc2c3ccccc3c(C)nn12. The van der Waals surface area contributed by atoms with Gasteiger partial charge >= 0.3 is 0 Å². The molecule has 10 heteroatoms. The predicted octanol–water partition coefficient (Wildman–Crippen LogP) is 0.755. The Morgan fingerprint density at radius 3 is 2.61 bits per heavy atom. The van der Waals surface area contributed by atoms with E-state index in [0.29, 0.717) is 23.6 Å². The van der Waals surface area contributed by atoms with Gasteiger partial charge in [0.1, 0.15) is 13.1 Å². The van der Waals surface area contributed by atoms with E-state index in [-0.39, 0.29) is 4.90 Å². The highest BCUT2D eigenvalue weighted by atomic mass is 32.2. The van der Waals surface area contributed by atoms with Crippen molar-refractivity contribution in [1.82, 2.24) is 24.5 Å². The lowest BCUT2D eigenvalue weighted by Crippen LogP contribution is -3.14. The molecule has 0 bridgehead atoms. The number of rotatable bonds is 6. The number of aromatic nitrogens is 4. The van der Waals surface area contributed by atoms with Gasteiger partial charge in [0.15, 0.2) is 11.5 Å². The zero-order valence-corrected chi connectivity index (χ0v) is 19.5. The summed E-state index contributed by atoms with van der Waals surface area (Å²) in [4.78, 5) is 1.55. The number of fused-ring (bicyclic) bond motifs is 3. The van der Waals surface area contributed by atoms with Gasteiger partial charge in [-0.3, -0.25) is 0 Å². The molecule has 1 aliphatic rings. The number of nitrogens with one attached hydrogen (secondary N) is 2. The molecule has 2 aromatic heterocycles. The van der Waals surface area contributed by atoms with Crippen molar-refractivity contribution in [2.24, 2.45) is 0 Å². The van der Waals surface area contributed by atoms with E-state index in [9.17, 15) is 8.42 Å². The largest absolute Gasteiger partial charge is 0.370 e. The highest BCUT2D eigenvalue weighted by Gasteiger charge is 2.21. The average Bonchev–Trinajstić information content (AvgIpc) is 3.24. The van der Waals surface area contributed by atoms with Crippen LogP contribution in [0.25, 0.3) is 27.8 Å². The molecule has 0 atom stereocenters. The molecule has 0 amide bonds. The molecule has 0 spiro atoms. The molecule has 0 unspecified atom stereocenters. The van der Waals surface area contributed by atoms with Crippen LogP contribution in [0.3, 0.4) is 0 Å². The Morgan fingerprint density at radius 1 is 1.06 bits per heavy atom. The van der Waals surface area contributed by atoms with Crippen LogP contribution in [0.15, 0.2) is 47.4 Å². The van der Waals surface area contributed by atoms with E-state index >= 15 is 0 Å². The molecule has 2 aromatic carbocycles. The third kappa shape index (κ3) is 4.22. The summed E-state index contributed by atoms with van der Waals surface area (Å²) in [6.07, 6.45) is 0. The lowest BCUT2D eigenvalue weighted by atomic mass is 10.1. The summed E-state index contributed by atoms with van der Waals surface area (Å²) < 4.78 is 35.8. The Kier molecular flexibility index (Phi) is 5.83. The fraction of sp³-hybridized carbons (Fsp3) is 0.348. The molecular weight excluding hydrogens is 440 g/mol. The molecule has 1 fully saturated rings. The van der Waals surface area contributed by atoms with Crippen LogP contribution in [0.5, 0.6) is 0 Å². The number of morpholine rings is 1. The first kappa shape index (κ1) is 21.9. The van der Waals surface area contributed by atoms with Gasteiger partial charge in [-0.15, -0.1) is 10.2 Å². The highest BCUT2D eigenvalue weighted by molar-refractivity contribution is 7.89. The second-order valence-corrected chi connectivity index (χ2v) is 10.1. The van der Waals surface area contributed by atoms with Crippen LogP contribution in [0, 0.1) is 13.8 Å². The zero-order chi connectivity index (χ0) is 23.0. The van der Waals surface area contributed by atoms with Gasteiger partial charge in [0, 0.05) is 16.3 Å². The predicted molar refractivity (Wildman–Crippen MR) is 125 cm³/mol. The van der Waals surface area contributed by atoms with E-state index in [1.807, 2.05) is 38.1 Å². The minimum absolute atomic E-state index is 0.203. The summed E-state index contributed by atoms with van der Waals surface area (Å²) >= 11 is 0. The molecule has 5 rings (SSSR count). The molecule has 172 valence electrons. The second-order valence-electron chi connectivity index (χ2n) is 8.38. The minimum Gasteiger partial charge on any atom is -0.370 e. The summed E-state index contributed by atoms with van der Waals surface area (Å²) in [5, 5.41) is 15.4. The molecule has 2 N–H and O–H groups in total. The van der Waals surface area contributed by atoms with Crippen molar-refractivity contribution < 1.29 is 18.1 Å². The van der Waals surface area contributed by atoms with Crippen molar-refractivity contribution in [3.05, 3.63) is 53.7 Å². The van der Waals surface area contributed by atoms with Gasteiger partial charge < -0.3 is 9.64 Å². The average molecular weight is 468 g/mol. The van der Waals surface area contributed by atoms with Crippen molar-refractivity contribution in [3.8, 4) is 11.4 Å². The Bertz CT molecular complexity index is 1430. The quantitative estimate of drug-likeness (QED) is 0.434. The van der Waals surface area contributed by atoms with Gasteiger partial charge in [0.05, 0.1) is 36.9 Å². The molecule has 0 saturated carbocycles. The number of aryl methyl sites for hydroxylation is 2. The van der Waals surface area contributed by atoms with Gasteiger partial charge in [0.2, 0.25) is 10.0 Å². The van der Waals surface area contributed by atoms with Crippen LogP contribution < -0.4 is 9.62 Å². The number of nitrogens with zero attached hydrogens (tertiary/aromatic N) is 4. The number of ether oxygens (including phenoxy) is 1. The van der Waals surface area contributed by atoms with Gasteiger partial charge in [-0.05, 0) is 31.5 Å². The molecule has 9 nitrogen and oxygen atoms in total. The fourth-order valence-electron chi connectivity index (χ4n) is 4.27. The Hall–Kier alpha value is -2.92. The molecule has 0 aliphatic carbocycles. The molecule has 33 heavy (non-hydrogen) atoms. The van der Waals surface area contributed by atoms with Gasteiger partial charge in [-0.2, -0.15) is 9.61 Å². The van der Waals surface area contributed by atoms with Gasteiger partial charge in [-0.1, -0.05) is 30.3 Å². The first-order valence-corrected chi connectivity index (χ1v) is 12.5. The molecule has 4 aromatic rings. The Balaban J connectivity index is 1.47. The van der Waals surface area contributed by atoms with Gasteiger partial charge in [-0.25, -0.2) is 13.1 Å². The Labute approximate surface area is 192 Å². The van der Waals surface area contributed by atoms with Crippen LogP contribution in [0.2, 0.25) is 0 Å². The molecule has 1 aliphatic heterocycles. The summed E-state index contributed by atoms with van der Waals surface area (Å²) in [6.45, 7) is 8.22. The normalized spacial score (nSPS) is 15.5. The van der Waals surface area contributed by atoms with Crippen molar-refractivity contribution in [3.63, 3.8) is 0 Å². The molecular formula is C23H27N6O3S+. The number of benzene rings is 2. The summed E-state index contributed by atoms with van der Waals surface area (Å²) in [5.41, 5.74) is 3.08. The van der Waals surface area contributed by atoms with E-state index in [1.54, 1.807) is 22.7 Å². The molecule has 0 radical (unpaired) electrons. The monoisotopic (exact) mass is 467 g/mol. The van der Waals surface area contributed by atoms with Crippen LogP contribution in [0.4, 0.5) is 0 Å². The smallest absolute Gasteiger partial charge is 0.240 e. The second kappa shape index (κ2) is 8.79. The van der Waals surface area contributed by atoms with E-state index in [1.165, 1.54) is 4.90 Å². The lowest BCUT2D eigenvalue weighted by Gasteiger charge is -2.23. The minimum atomic E-state index is -3.66. The van der Waals surface area contributed by atoms with Crippen molar-refractivity contribution in [2.45, 2.75) is 18.7 Å². The van der Waals surface area contributed by atoms with Gasteiger partial charge in [0.25, 0.3) is 0 Å². The summed E-state index contributed by atoms with van der Waals surface area (Å²) in [5.74, 6) is 0.520. The fourth-order valence-corrected chi connectivity index (χ4v) is 5.33. The summed E-state index contributed by atoms with van der Waals surface area (Å²) in [7, 11) is -3.66. The molecule has 1 saturated heterocycles. The number of sulfonamides is 1. The third-order valence-corrected chi connectivity index (χ3v) is 7.64. The van der Waals surface area contributed by atoms with Crippen molar-refractivity contribution >= 4 is 26.4 Å². The van der Waals surface area contributed by atoms with E-state index in [4.69, 9.17) is 4.74 Å². The van der Waals surface area contributed by atoms with Crippen LogP contribution in [-0.2, 0) is 14.8 Å². The van der Waals surface area contributed by atoms with Crippen LogP contribution >= 0.6 is 0 Å². The van der Waals surface area contributed by atoms with Crippen LogP contribution in [0.1, 0.15) is 11.3 Å². The Morgan fingerprint density at radius 2 is 1.82 bits per heavy atom. The standard InChI is InChI=1S/C23H26N6O3S/c1-16-7-8-18(33(30,31)24-9-10-28-11-13-32-14-12-28)15-21(16)23-26-25-22-20-6-4-3-5-19(20)17(2)27-29(22)23/h3-8,15,24H,9-14H2,1-2H3/p+1. The molecule has 3 heterocycles. The lowest BCUT2D eigenvalue weighted by molar-refractivity contribution is -0.906. The third-order valence-electron chi connectivity index (χ3n) is 6.18. The van der Waals surface area contributed by atoms with Crippen molar-refractivity contribution in [1.29, 1.82) is 0 Å². The maximum atomic E-state index is 13.0. The maximum Gasteiger partial charge on any atom is 0.240 e. The number of hydrogen-bond donors (Lipinski definition) is 2. The maximum absolute atomic E-state index is 13.0. The van der Waals surface area contributed by atoms with E-state index in [2.05, 4.69) is 20.0 Å². The topological polar surface area (TPSA) is 103 Å². The zero-order valence-electron chi connectivity index (χ0n) is 18.7. The number of hydrogen-bond acceptors (Lipinski definition) is 6. The number of quaternary nitrogens is 1. The van der Waals surface area contributed by atoms with Crippen molar-refractivity contribution in [2.75, 3.05) is 39.4 Å².